The summed E-state index contributed by atoms with van der Waals surface area (Å²) in [6.07, 6.45) is 8.16. The average molecular weight is 428 g/mol. The Kier molecular flexibility index (Phi) is 5.11. The van der Waals surface area contributed by atoms with Gasteiger partial charge in [-0.15, -0.1) is 0 Å². The molecule has 3 heterocycles. The Morgan fingerprint density at radius 1 is 1.12 bits per heavy atom. The highest BCUT2D eigenvalue weighted by Crippen LogP contribution is 2.38. The summed E-state index contributed by atoms with van der Waals surface area (Å²) in [6.45, 7) is 0. The van der Waals surface area contributed by atoms with Crippen molar-refractivity contribution < 1.29 is 14.6 Å². The van der Waals surface area contributed by atoms with Gasteiger partial charge in [0.1, 0.15) is 11.4 Å². The average Bonchev–Trinajstić information content (AvgIpc) is 3.54. The molecule has 0 radical (unpaired) electrons. The molecule has 1 fully saturated rings. The molecule has 0 saturated heterocycles. The molecule has 1 aromatic carbocycles. The number of aliphatic hydroxyl groups is 1. The molecule has 1 unspecified atom stereocenters. The van der Waals surface area contributed by atoms with Crippen LogP contribution in [0.15, 0.2) is 61.2 Å². The normalized spacial score (nSPS) is 14.3. The number of nitrogens with zero attached hydrogens (tertiary/aromatic N) is 3. The van der Waals surface area contributed by atoms with Crippen molar-refractivity contribution in [2.45, 2.75) is 25.0 Å². The van der Waals surface area contributed by atoms with E-state index in [2.05, 4.69) is 21.0 Å². The van der Waals surface area contributed by atoms with Gasteiger partial charge in [0.25, 0.3) is 5.91 Å². The Balaban J connectivity index is 1.54. The van der Waals surface area contributed by atoms with Gasteiger partial charge in [-0.1, -0.05) is 18.2 Å². The van der Waals surface area contributed by atoms with Gasteiger partial charge in [-0.3, -0.25) is 9.78 Å². The van der Waals surface area contributed by atoms with E-state index >= 15 is 0 Å². The molecule has 7 heteroatoms. The van der Waals surface area contributed by atoms with Crippen molar-refractivity contribution in [2.24, 2.45) is 0 Å². The number of amides is 1. The van der Waals surface area contributed by atoms with Crippen molar-refractivity contribution in [3.63, 3.8) is 0 Å². The van der Waals surface area contributed by atoms with E-state index in [-0.39, 0.29) is 0 Å². The Morgan fingerprint density at radius 3 is 2.69 bits per heavy atom. The van der Waals surface area contributed by atoms with Gasteiger partial charge in [0.05, 0.1) is 6.10 Å². The molecule has 5 rings (SSSR count). The molecule has 1 saturated carbocycles. The predicted molar refractivity (Wildman–Crippen MR) is 122 cm³/mol. The van der Waals surface area contributed by atoms with E-state index in [0.717, 1.165) is 51.9 Å². The Bertz CT molecular complexity index is 1290. The van der Waals surface area contributed by atoms with E-state index in [4.69, 9.17) is 4.74 Å². The third-order valence-corrected chi connectivity index (χ3v) is 5.61. The number of hydrogen-bond donors (Lipinski definition) is 2. The number of nitrogens with one attached hydrogen (secondary N) is 1. The standard InChI is InChI=1S/C25H24N4O3/c1-29(2)25(31)23(30)17-9-15(11-26-12-17)16-10-20-21(14-28-24(20)27-13-16)19-5-3-4-6-22(19)32-18-7-8-18/h3-6,9-14,18,23,30H,7-8H2,1-2H3,(H,27,28). The van der Waals surface area contributed by atoms with E-state index in [0.29, 0.717) is 11.7 Å². The minimum Gasteiger partial charge on any atom is -0.490 e. The number of benzene rings is 1. The number of ether oxygens (including phenoxy) is 1. The van der Waals surface area contributed by atoms with Crippen molar-refractivity contribution in [2.75, 3.05) is 14.1 Å². The number of aliphatic hydroxyl groups excluding tert-OH is 1. The summed E-state index contributed by atoms with van der Waals surface area (Å²) in [5.41, 5.74) is 4.87. The highest BCUT2D eigenvalue weighted by atomic mass is 16.5. The molecule has 1 atom stereocenters. The van der Waals surface area contributed by atoms with Gasteiger partial charge < -0.3 is 19.7 Å². The lowest BCUT2D eigenvalue weighted by Gasteiger charge is -2.16. The first kappa shape index (κ1) is 20.2. The molecule has 0 aliphatic heterocycles. The molecule has 1 amide bonds. The van der Waals surface area contributed by atoms with Crippen LogP contribution in [0.5, 0.6) is 5.75 Å². The van der Waals surface area contributed by atoms with E-state index in [1.54, 1.807) is 32.6 Å². The highest BCUT2D eigenvalue weighted by molar-refractivity contribution is 5.97. The Morgan fingerprint density at radius 2 is 1.91 bits per heavy atom. The lowest BCUT2D eigenvalue weighted by molar-refractivity contribution is -0.137. The molecule has 0 spiro atoms. The number of aromatic amines is 1. The largest absolute Gasteiger partial charge is 0.490 e. The fraction of sp³-hybridized carbons (Fsp3) is 0.240. The summed E-state index contributed by atoms with van der Waals surface area (Å²) < 4.78 is 6.12. The molecule has 32 heavy (non-hydrogen) atoms. The summed E-state index contributed by atoms with van der Waals surface area (Å²) in [4.78, 5) is 25.6. The molecule has 1 aliphatic carbocycles. The van der Waals surface area contributed by atoms with Crippen LogP contribution in [0.2, 0.25) is 0 Å². The van der Waals surface area contributed by atoms with Gasteiger partial charge in [0.2, 0.25) is 0 Å². The summed E-state index contributed by atoms with van der Waals surface area (Å²) >= 11 is 0. The van der Waals surface area contributed by atoms with E-state index < -0.39 is 12.0 Å². The number of hydrogen-bond acceptors (Lipinski definition) is 5. The maximum atomic E-state index is 12.2. The third-order valence-electron chi connectivity index (χ3n) is 5.61. The molecule has 4 aromatic rings. The first-order valence-electron chi connectivity index (χ1n) is 10.6. The molecular weight excluding hydrogens is 404 g/mol. The van der Waals surface area contributed by atoms with Gasteiger partial charge in [0, 0.05) is 72.1 Å². The maximum Gasteiger partial charge on any atom is 0.255 e. The van der Waals surface area contributed by atoms with E-state index in [9.17, 15) is 9.90 Å². The quantitative estimate of drug-likeness (QED) is 0.485. The molecule has 162 valence electrons. The molecule has 7 nitrogen and oxygen atoms in total. The summed E-state index contributed by atoms with van der Waals surface area (Å²) in [5, 5.41) is 11.4. The van der Waals surface area contributed by atoms with Gasteiger partial charge >= 0.3 is 0 Å². The number of carbonyl (C=O) groups excluding carboxylic acids is 1. The zero-order valence-electron chi connectivity index (χ0n) is 17.9. The second kappa shape index (κ2) is 8.09. The maximum absolute atomic E-state index is 12.2. The van der Waals surface area contributed by atoms with Crippen molar-refractivity contribution in [1.29, 1.82) is 0 Å². The summed E-state index contributed by atoms with van der Waals surface area (Å²) in [5.74, 6) is 0.480. The van der Waals surface area contributed by atoms with Crippen LogP contribution in [0.25, 0.3) is 33.3 Å². The third kappa shape index (κ3) is 3.83. The lowest BCUT2D eigenvalue weighted by atomic mass is 10.0. The zero-order chi connectivity index (χ0) is 22.2. The van der Waals surface area contributed by atoms with Crippen LogP contribution in [-0.4, -0.2) is 51.1 Å². The van der Waals surface area contributed by atoms with Gasteiger partial charge in [-0.05, 0) is 31.0 Å². The Hall–Kier alpha value is -3.71. The number of fused-ring (bicyclic) bond motifs is 1. The second-order valence-electron chi connectivity index (χ2n) is 8.28. The minimum absolute atomic E-state index is 0.306. The number of H-pyrrole nitrogens is 1. The number of para-hydroxylation sites is 1. The number of rotatable bonds is 6. The van der Waals surface area contributed by atoms with Crippen LogP contribution < -0.4 is 4.74 Å². The van der Waals surface area contributed by atoms with Crippen LogP contribution in [0.4, 0.5) is 0 Å². The lowest BCUT2D eigenvalue weighted by Crippen LogP contribution is -2.28. The van der Waals surface area contributed by atoms with Crippen LogP contribution in [0.1, 0.15) is 24.5 Å². The monoisotopic (exact) mass is 428 g/mol. The molecule has 0 bridgehead atoms. The number of pyridine rings is 2. The minimum atomic E-state index is -1.26. The van der Waals surface area contributed by atoms with Gasteiger partial charge in [0.15, 0.2) is 6.10 Å². The molecular formula is C25H24N4O3. The molecule has 2 N–H and O–H groups in total. The van der Waals surface area contributed by atoms with Crippen molar-refractivity contribution >= 4 is 16.9 Å². The number of likely N-dealkylation sites (N-methyl/N-ethyl adjacent to an activating group) is 1. The molecule has 1 aliphatic rings. The Labute approximate surface area is 185 Å². The second-order valence-corrected chi connectivity index (χ2v) is 8.28. The van der Waals surface area contributed by atoms with Crippen LogP contribution >= 0.6 is 0 Å². The first-order chi connectivity index (χ1) is 15.5. The summed E-state index contributed by atoms with van der Waals surface area (Å²) in [7, 11) is 3.22. The van der Waals surface area contributed by atoms with Crippen molar-refractivity contribution in [3.8, 4) is 28.0 Å². The van der Waals surface area contributed by atoms with Gasteiger partial charge in [-0.2, -0.15) is 0 Å². The smallest absolute Gasteiger partial charge is 0.255 e. The number of aromatic nitrogens is 3. The SMILES string of the molecule is CN(C)C(=O)C(O)c1cncc(-c2cnc3[nH]cc(-c4ccccc4OC4CC4)c3c2)c1. The topological polar surface area (TPSA) is 91.3 Å². The first-order valence-corrected chi connectivity index (χ1v) is 10.6. The van der Waals surface area contributed by atoms with Crippen molar-refractivity contribution in [1.82, 2.24) is 19.9 Å². The highest BCUT2D eigenvalue weighted by Gasteiger charge is 2.25. The van der Waals surface area contributed by atoms with Crippen LogP contribution in [-0.2, 0) is 4.79 Å². The van der Waals surface area contributed by atoms with Crippen LogP contribution in [0, 0.1) is 0 Å². The molecule has 3 aromatic heterocycles. The van der Waals surface area contributed by atoms with Gasteiger partial charge in [-0.25, -0.2) is 4.98 Å². The van der Waals surface area contributed by atoms with E-state index in [1.807, 2.05) is 30.5 Å². The van der Waals surface area contributed by atoms with Crippen LogP contribution in [0.3, 0.4) is 0 Å². The number of carbonyl (C=O) groups is 1. The fourth-order valence-electron chi connectivity index (χ4n) is 3.69. The summed E-state index contributed by atoms with van der Waals surface area (Å²) in [6, 6.07) is 11.9. The predicted octanol–water partition coefficient (Wildman–Crippen LogP) is 3.95. The zero-order valence-corrected chi connectivity index (χ0v) is 17.9. The fourth-order valence-corrected chi connectivity index (χ4v) is 3.69. The van der Waals surface area contributed by atoms with Crippen molar-refractivity contribution in [3.05, 3.63) is 66.7 Å². The van der Waals surface area contributed by atoms with E-state index in [1.165, 1.54) is 11.1 Å².